The minimum absolute atomic E-state index is 0.0672. The van der Waals surface area contributed by atoms with Crippen molar-refractivity contribution in [2.24, 2.45) is 0 Å². The standard InChI is InChI=1S/C21H44O10.C10H22OSi/c1-23-10-13-28-18-16-26-7-4-21(31-9-6-22,20-30-15-12-25-3)5-8-27-17-19-29-14-11-24-2;1-2-3-4-5-6-7-8-9-10-12-11/h22H,4-20H2,1-3H3;12H,2-10H2,1H3. The van der Waals surface area contributed by atoms with Gasteiger partial charge in [-0.2, -0.15) is 0 Å². The van der Waals surface area contributed by atoms with Gasteiger partial charge in [0.25, 0.3) is 9.41 Å². The number of rotatable bonds is 35. The van der Waals surface area contributed by atoms with Crippen molar-refractivity contribution in [2.45, 2.75) is 82.8 Å². The first kappa shape index (κ1) is 44.7. The van der Waals surface area contributed by atoms with Gasteiger partial charge in [0.05, 0.1) is 91.5 Å². The van der Waals surface area contributed by atoms with E-state index < -0.39 is 15.0 Å². The van der Waals surface area contributed by atoms with Crippen molar-refractivity contribution in [2.75, 3.05) is 120 Å². The Hall–Kier alpha value is -0.383. The lowest BCUT2D eigenvalue weighted by Gasteiger charge is -2.33. The molecular weight excluding hydrogens is 576 g/mol. The van der Waals surface area contributed by atoms with Crippen LogP contribution < -0.4 is 0 Å². The molecule has 0 unspecified atom stereocenters. The summed E-state index contributed by atoms with van der Waals surface area (Å²) in [6, 6.07) is 0.967. The molecule has 0 heterocycles. The van der Waals surface area contributed by atoms with E-state index in [1.165, 1.54) is 51.4 Å². The van der Waals surface area contributed by atoms with Crippen LogP contribution >= 0.6 is 0 Å². The van der Waals surface area contributed by atoms with Gasteiger partial charge in [-0.3, -0.25) is 0 Å². The number of methoxy groups -OCH3 is 3. The molecule has 1 N–H and O–H groups in total. The number of aliphatic hydroxyl groups is 1. The summed E-state index contributed by atoms with van der Waals surface area (Å²) in [4.78, 5) is 0. The summed E-state index contributed by atoms with van der Waals surface area (Å²) in [6.07, 6.45) is 12.0. The molecule has 260 valence electrons. The summed E-state index contributed by atoms with van der Waals surface area (Å²) in [5.74, 6) is 0. The van der Waals surface area contributed by atoms with Crippen molar-refractivity contribution in [1.82, 2.24) is 0 Å². The quantitative estimate of drug-likeness (QED) is 0.0802. The molecule has 0 aromatic heterocycles. The Morgan fingerprint density at radius 2 is 0.953 bits per heavy atom. The first-order valence-electron chi connectivity index (χ1n) is 16.2. The first-order chi connectivity index (χ1) is 21.2. The molecule has 43 heavy (non-hydrogen) atoms. The van der Waals surface area contributed by atoms with Crippen molar-refractivity contribution in [3.8, 4) is 0 Å². The predicted molar refractivity (Wildman–Crippen MR) is 170 cm³/mol. The van der Waals surface area contributed by atoms with Crippen molar-refractivity contribution in [3.63, 3.8) is 0 Å². The molecule has 0 atom stereocenters. The van der Waals surface area contributed by atoms with Crippen LogP contribution in [0.5, 0.6) is 0 Å². The second-order valence-electron chi connectivity index (χ2n) is 10.2. The first-order valence-corrected chi connectivity index (χ1v) is 17.5. The molecule has 0 rings (SSSR count). The Balaban J connectivity index is 0. The highest BCUT2D eigenvalue weighted by atomic mass is 28.2. The fraction of sp³-hybridized carbons (Fsp3) is 1.00. The van der Waals surface area contributed by atoms with E-state index in [2.05, 4.69) is 6.92 Å². The lowest BCUT2D eigenvalue weighted by Crippen LogP contribution is -2.42. The molecule has 0 radical (unpaired) electrons. The number of hydrogen-bond donors (Lipinski definition) is 1. The second kappa shape index (κ2) is 39.6. The van der Waals surface area contributed by atoms with Gasteiger partial charge >= 0.3 is 0 Å². The van der Waals surface area contributed by atoms with Crippen LogP contribution in [-0.2, 0) is 47.1 Å². The van der Waals surface area contributed by atoms with Gasteiger partial charge in [0.2, 0.25) is 0 Å². The molecular formula is C31H66O11Si. The molecule has 0 aliphatic rings. The highest BCUT2D eigenvalue weighted by Gasteiger charge is 2.31. The average molecular weight is 643 g/mol. The minimum atomic E-state index is -0.621. The molecule has 11 nitrogen and oxygen atoms in total. The highest BCUT2D eigenvalue weighted by molar-refractivity contribution is 6.16. The van der Waals surface area contributed by atoms with Crippen LogP contribution in [0.1, 0.15) is 71.1 Å². The third kappa shape index (κ3) is 36.0. The molecule has 0 aliphatic heterocycles. The maximum atomic E-state index is 10.2. The second-order valence-corrected chi connectivity index (χ2v) is 11.1. The molecule has 0 aromatic carbocycles. The molecule has 0 spiro atoms. The van der Waals surface area contributed by atoms with E-state index in [1.54, 1.807) is 21.3 Å². The zero-order valence-corrected chi connectivity index (χ0v) is 29.1. The molecule has 12 heteroatoms. The van der Waals surface area contributed by atoms with E-state index in [4.69, 9.17) is 42.6 Å². The van der Waals surface area contributed by atoms with Gasteiger partial charge in [-0.05, 0) is 6.04 Å². The van der Waals surface area contributed by atoms with Gasteiger partial charge in [-0.25, -0.2) is 0 Å². The van der Waals surface area contributed by atoms with Crippen molar-refractivity contribution in [1.29, 1.82) is 0 Å². The van der Waals surface area contributed by atoms with Crippen LogP contribution in [0.25, 0.3) is 0 Å². The maximum absolute atomic E-state index is 10.2. The smallest absolute Gasteiger partial charge is 0.261 e. The largest absolute Gasteiger partial charge is 0.394 e. The third-order valence-corrected chi connectivity index (χ3v) is 7.13. The Bertz CT molecular complexity index is 498. The van der Waals surface area contributed by atoms with Crippen LogP contribution in [0.2, 0.25) is 6.04 Å². The number of unbranched alkanes of at least 4 members (excludes halogenated alkanes) is 7. The number of ether oxygens (including phenoxy) is 9. The Labute approximate surface area is 264 Å². The Morgan fingerprint density at radius 3 is 1.40 bits per heavy atom. The number of hydrogen-bond acceptors (Lipinski definition) is 11. The van der Waals surface area contributed by atoms with E-state index in [-0.39, 0.29) is 13.2 Å². The molecule has 0 aromatic rings. The summed E-state index contributed by atoms with van der Waals surface area (Å²) >= 11 is 0. The monoisotopic (exact) mass is 642 g/mol. The van der Waals surface area contributed by atoms with E-state index in [9.17, 15) is 9.57 Å². The van der Waals surface area contributed by atoms with Crippen LogP contribution in [-0.4, -0.2) is 141 Å². The summed E-state index contributed by atoms with van der Waals surface area (Å²) in [6.45, 7) is 8.87. The Kier molecular flexibility index (Phi) is 41.2. The van der Waals surface area contributed by atoms with Crippen molar-refractivity contribution >= 4 is 9.41 Å². The fourth-order valence-corrected chi connectivity index (χ4v) is 4.38. The van der Waals surface area contributed by atoms with Crippen LogP contribution in [0.4, 0.5) is 0 Å². The summed E-state index contributed by atoms with van der Waals surface area (Å²) in [5, 5.41) is 9.26. The molecule has 0 saturated carbocycles. The van der Waals surface area contributed by atoms with Gasteiger partial charge < -0.3 is 52.2 Å². The SMILES string of the molecule is CCCCCCCCCC[SiH]=O.COCCOCCOCCC(CCOCCOCCOC)(COCCOC)OCCO. The predicted octanol–water partition coefficient (Wildman–Crippen LogP) is 3.86. The van der Waals surface area contributed by atoms with Gasteiger partial charge in [-0.15, -0.1) is 0 Å². The molecule has 0 bridgehead atoms. The van der Waals surface area contributed by atoms with Gasteiger partial charge in [0.15, 0.2) is 0 Å². The van der Waals surface area contributed by atoms with E-state index in [1.807, 2.05) is 0 Å². The zero-order chi connectivity index (χ0) is 32.0. The molecule has 0 fully saturated rings. The van der Waals surface area contributed by atoms with Gasteiger partial charge in [-0.1, -0.05) is 58.3 Å². The van der Waals surface area contributed by atoms with Crippen LogP contribution in [0.3, 0.4) is 0 Å². The normalized spacial score (nSPS) is 11.5. The molecule has 0 amide bonds. The lowest BCUT2D eigenvalue weighted by atomic mass is 9.96. The van der Waals surface area contributed by atoms with Crippen molar-refractivity contribution in [3.05, 3.63) is 0 Å². The third-order valence-electron chi connectivity index (χ3n) is 6.48. The fourth-order valence-electron chi connectivity index (χ4n) is 3.92. The summed E-state index contributed by atoms with van der Waals surface area (Å²) < 4.78 is 59.1. The summed E-state index contributed by atoms with van der Waals surface area (Å²) in [7, 11) is 4.42. The number of aliphatic hydroxyl groups excluding tert-OH is 1. The molecule has 0 saturated heterocycles. The molecule has 0 aliphatic carbocycles. The van der Waals surface area contributed by atoms with E-state index >= 15 is 0 Å². The van der Waals surface area contributed by atoms with E-state index in [0.29, 0.717) is 98.7 Å². The highest BCUT2D eigenvalue weighted by Crippen LogP contribution is 2.22. The Morgan fingerprint density at radius 1 is 0.535 bits per heavy atom. The maximum Gasteiger partial charge on any atom is 0.261 e. The van der Waals surface area contributed by atoms with Gasteiger partial charge in [0, 0.05) is 47.4 Å². The summed E-state index contributed by atoms with van der Waals surface area (Å²) in [5.41, 5.74) is -0.621. The minimum Gasteiger partial charge on any atom is -0.394 e. The lowest BCUT2D eigenvalue weighted by molar-refractivity contribution is -0.135. The van der Waals surface area contributed by atoms with Gasteiger partial charge in [0.1, 0.15) is 0 Å². The van der Waals surface area contributed by atoms with E-state index in [0.717, 1.165) is 6.04 Å². The average Bonchev–Trinajstić information content (AvgIpc) is 3.02. The topological polar surface area (TPSA) is 120 Å². The van der Waals surface area contributed by atoms with Crippen molar-refractivity contribution < 1.29 is 52.2 Å². The van der Waals surface area contributed by atoms with Crippen LogP contribution in [0, 0.1) is 0 Å². The zero-order valence-electron chi connectivity index (χ0n) is 28.0. The van der Waals surface area contributed by atoms with Crippen LogP contribution in [0.15, 0.2) is 0 Å².